The quantitative estimate of drug-likeness (QED) is 0.0244. The number of phosphoric acid groups is 1. The molecule has 0 radical (unpaired) electrons. The number of nitrogens with zero attached hydrogens (tertiary/aromatic N) is 1. The molecule has 0 fully saturated rings. The number of likely N-dealkylation sites (N-methyl/N-ethyl adjacent to an activating group) is 1. The van der Waals surface area contributed by atoms with Crippen molar-refractivity contribution in [3.63, 3.8) is 0 Å². The molecule has 0 rings (SSSR count). The zero-order chi connectivity index (χ0) is 42.1. The molecule has 0 heterocycles. The van der Waals surface area contributed by atoms with Crippen LogP contribution in [-0.4, -0.2) is 73.4 Å². The topological polar surface area (TPSA) is 105 Å². The highest BCUT2D eigenvalue weighted by atomic mass is 31.2. The number of rotatable bonds is 44. The minimum atomic E-state index is -4.31. The summed E-state index contributed by atoms with van der Waals surface area (Å²) in [6, 6.07) is -0.760. The van der Waals surface area contributed by atoms with Gasteiger partial charge in [-0.2, -0.15) is 0 Å². The van der Waals surface area contributed by atoms with Gasteiger partial charge >= 0.3 is 7.82 Å². The summed E-state index contributed by atoms with van der Waals surface area (Å²) in [6.45, 7) is 4.87. The molecular weight excluding hydrogens is 732 g/mol. The van der Waals surface area contributed by atoms with Crippen LogP contribution in [0, 0.1) is 0 Å². The van der Waals surface area contributed by atoms with Gasteiger partial charge in [-0.25, -0.2) is 4.57 Å². The minimum absolute atomic E-state index is 0.0746. The van der Waals surface area contributed by atoms with E-state index in [0.717, 1.165) is 44.9 Å². The third kappa shape index (κ3) is 42.9. The largest absolute Gasteiger partial charge is 0.472 e. The van der Waals surface area contributed by atoms with Crippen molar-refractivity contribution in [1.29, 1.82) is 0 Å². The summed E-state index contributed by atoms with van der Waals surface area (Å²) in [5.74, 6) is -0.148. The molecule has 3 N–H and O–H groups in total. The van der Waals surface area contributed by atoms with Gasteiger partial charge in [-0.05, 0) is 44.9 Å². The standard InChI is InChI=1S/C48H95N2O6P/c1-6-8-10-12-14-16-18-20-22-24-25-26-28-30-32-34-36-38-40-42-48(52)49-46(45-56-57(53,54)55-44-43-50(3,4)5)47(51)41-39-37-35-33-31-29-27-23-21-19-17-15-13-11-9-7-2/h14,16,20,22,46-47,51H,6-13,15,17-19,21,23-45H2,1-5H3,(H-,49,52,53,54)/p+1/b16-14-,22-20-. The van der Waals surface area contributed by atoms with E-state index in [1.807, 2.05) is 21.1 Å². The predicted molar refractivity (Wildman–Crippen MR) is 245 cm³/mol. The molecule has 8 nitrogen and oxygen atoms in total. The average Bonchev–Trinajstić information content (AvgIpc) is 3.16. The number of phosphoric ester groups is 1. The van der Waals surface area contributed by atoms with Crippen molar-refractivity contribution in [2.45, 2.75) is 238 Å². The Morgan fingerprint density at radius 2 is 1.00 bits per heavy atom. The SMILES string of the molecule is CCCCC/C=C\C/C=C\CCCCCCCCCCCC(=O)NC(COP(=O)(O)OCC[N+](C)(C)C)C(O)CCCCCCCCCCCCCCCCCC. The maximum Gasteiger partial charge on any atom is 0.472 e. The first kappa shape index (κ1) is 56.0. The second-order valence-corrected chi connectivity index (χ2v) is 19.3. The molecule has 0 aliphatic heterocycles. The zero-order valence-electron chi connectivity index (χ0n) is 38.3. The van der Waals surface area contributed by atoms with Gasteiger partial charge in [0.25, 0.3) is 0 Å². The molecule has 0 saturated carbocycles. The van der Waals surface area contributed by atoms with Gasteiger partial charge in [0.2, 0.25) is 5.91 Å². The van der Waals surface area contributed by atoms with Crippen LogP contribution in [0.1, 0.15) is 226 Å². The minimum Gasteiger partial charge on any atom is -0.391 e. The summed E-state index contributed by atoms with van der Waals surface area (Å²) >= 11 is 0. The lowest BCUT2D eigenvalue weighted by Crippen LogP contribution is -2.46. The Morgan fingerprint density at radius 3 is 1.47 bits per heavy atom. The van der Waals surface area contributed by atoms with Crippen LogP contribution in [0.5, 0.6) is 0 Å². The molecule has 0 aliphatic carbocycles. The predicted octanol–water partition coefficient (Wildman–Crippen LogP) is 13.7. The Hall–Kier alpha value is -1.02. The summed E-state index contributed by atoms with van der Waals surface area (Å²) in [5.41, 5.74) is 0. The number of carbonyl (C=O) groups excluding carboxylic acids is 1. The fraction of sp³-hybridized carbons (Fsp3) is 0.896. The monoisotopic (exact) mass is 828 g/mol. The molecule has 0 spiro atoms. The van der Waals surface area contributed by atoms with E-state index in [4.69, 9.17) is 9.05 Å². The van der Waals surface area contributed by atoms with Crippen LogP contribution >= 0.6 is 7.82 Å². The first-order chi connectivity index (χ1) is 27.5. The summed E-state index contributed by atoms with van der Waals surface area (Å²) in [4.78, 5) is 23.2. The molecule has 0 aliphatic rings. The molecule has 0 aromatic rings. The molecule has 3 unspecified atom stereocenters. The summed E-state index contributed by atoms with van der Waals surface area (Å²) in [7, 11) is 1.62. The third-order valence-corrected chi connectivity index (χ3v) is 11.9. The van der Waals surface area contributed by atoms with Crippen LogP contribution in [0.3, 0.4) is 0 Å². The smallest absolute Gasteiger partial charge is 0.391 e. The first-order valence-electron chi connectivity index (χ1n) is 24.2. The van der Waals surface area contributed by atoms with Crippen LogP contribution in [-0.2, 0) is 18.4 Å². The van der Waals surface area contributed by atoms with Crippen molar-refractivity contribution < 1.29 is 32.9 Å². The second-order valence-electron chi connectivity index (χ2n) is 17.8. The van der Waals surface area contributed by atoms with Crippen LogP contribution in [0.25, 0.3) is 0 Å². The number of aliphatic hydroxyl groups is 1. The van der Waals surface area contributed by atoms with E-state index < -0.39 is 20.0 Å². The van der Waals surface area contributed by atoms with Crippen LogP contribution in [0.15, 0.2) is 24.3 Å². The van der Waals surface area contributed by atoms with E-state index in [0.29, 0.717) is 23.9 Å². The number of allylic oxidation sites excluding steroid dienone is 4. The number of hydrogen-bond acceptors (Lipinski definition) is 5. The maximum absolute atomic E-state index is 12.9. The first-order valence-corrected chi connectivity index (χ1v) is 25.7. The summed E-state index contributed by atoms with van der Waals surface area (Å²) in [6.07, 6.45) is 47.7. The zero-order valence-corrected chi connectivity index (χ0v) is 39.2. The highest BCUT2D eigenvalue weighted by Crippen LogP contribution is 2.43. The van der Waals surface area contributed by atoms with Crippen LogP contribution < -0.4 is 5.32 Å². The Balaban J connectivity index is 4.30. The number of nitrogens with one attached hydrogen (secondary N) is 1. The van der Waals surface area contributed by atoms with E-state index >= 15 is 0 Å². The maximum atomic E-state index is 12.9. The van der Waals surface area contributed by atoms with Gasteiger partial charge in [-0.3, -0.25) is 13.8 Å². The van der Waals surface area contributed by atoms with Gasteiger partial charge in [-0.15, -0.1) is 0 Å². The van der Waals surface area contributed by atoms with Gasteiger partial charge in [0.15, 0.2) is 0 Å². The number of quaternary nitrogens is 1. The third-order valence-electron chi connectivity index (χ3n) is 11.0. The summed E-state index contributed by atoms with van der Waals surface area (Å²) < 4.78 is 23.7. The molecule has 9 heteroatoms. The van der Waals surface area contributed by atoms with Crippen molar-refractivity contribution in [3.8, 4) is 0 Å². The Bertz CT molecular complexity index is 984. The van der Waals surface area contributed by atoms with Crippen molar-refractivity contribution >= 4 is 13.7 Å². The second kappa shape index (κ2) is 40.4. The van der Waals surface area contributed by atoms with E-state index in [1.54, 1.807) is 0 Å². The molecular formula is C48H96N2O6P+. The number of amides is 1. The lowest BCUT2D eigenvalue weighted by atomic mass is 10.0. The van der Waals surface area contributed by atoms with E-state index in [1.165, 1.54) is 154 Å². The molecule has 0 aromatic heterocycles. The number of unbranched alkanes of at least 4 members (excludes halogenated alkanes) is 27. The Morgan fingerprint density at radius 1 is 0.596 bits per heavy atom. The van der Waals surface area contributed by atoms with E-state index in [2.05, 4.69) is 43.5 Å². The molecule has 0 aromatic carbocycles. The molecule has 3 atom stereocenters. The molecule has 0 bridgehead atoms. The number of aliphatic hydroxyl groups excluding tert-OH is 1. The Kier molecular flexibility index (Phi) is 39.7. The molecule has 1 amide bonds. The molecule has 57 heavy (non-hydrogen) atoms. The summed E-state index contributed by atoms with van der Waals surface area (Å²) in [5, 5.41) is 14.0. The fourth-order valence-electron chi connectivity index (χ4n) is 7.08. The Labute approximate surface area is 354 Å². The van der Waals surface area contributed by atoms with Crippen molar-refractivity contribution in [1.82, 2.24) is 5.32 Å². The van der Waals surface area contributed by atoms with Gasteiger partial charge in [-0.1, -0.05) is 199 Å². The van der Waals surface area contributed by atoms with E-state index in [9.17, 15) is 19.4 Å². The number of carbonyl (C=O) groups is 1. The fourth-order valence-corrected chi connectivity index (χ4v) is 7.81. The van der Waals surface area contributed by atoms with Gasteiger partial charge in [0.1, 0.15) is 13.2 Å². The van der Waals surface area contributed by atoms with Crippen molar-refractivity contribution in [2.24, 2.45) is 0 Å². The van der Waals surface area contributed by atoms with Gasteiger partial charge in [0.05, 0.1) is 39.9 Å². The van der Waals surface area contributed by atoms with Crippen molar-refractivity contribution in [2.75, 3.05) is 40.9 Å². The highest BCUT2D eigenvalue weighted by molar-refractivity contribution is 7.47. The van der Waals surface area contributed by atoms with Crippen LogP contribution in [0.2, 0.25) is 0 Å². The normalized spacial score (nSPS) is 14.4. The lowest BCUT2D eigenvalue weighted by molar-refractivity contribution is -0.870. The lowest BCUT2D eigenvalue weighted by Gasteiger charge is -2.26. The number of hydrogen-bond donors (Lipinski definition) is 3. The van der Waals surface area contributed by atoms with E-state index in [-0.39, 0.29) is 19.1 Å². The molecule has 338 valence electrons. The highest BCUT2D eigenvalue weighted by Gasteiger charge is 2.28. The van der Waals surface area contributed by atoms with Crippen molar-refractivity contribution in [3.05, 3.63) is 24.3 Å². The van der Waals surface area contributed by atoms with Crippen LogP contribution in [0.4, 0.5) is 0 Å². The van der Waals surface area contributed by atoms with Gasteiger partial charge in [0, 0.05) is 6.42 Å². The van der Waals surface area contributed by atoms with Gasteiger partial charge < -0.3 is 19.8 Å². The molecule has 0 saturated heterocycles. The average molecular weight is 828 g/mol.